The van der Waals surface area contributed by atoms with Gasteiger partial charge in [0, 0.05) is 0 Å². The Morgan fingerprint density at radius 2 is 2.21 bits per heavy atom. The number of benzene rings is 1. The maximum absolute atomic E-state index is 13.2. The van der Waals surface area contributed by atoms with Crippen molar-refractivity contribution in [3.8, 4) is 0 Å². The Labute approximate surface area is 116 Å². The lowest BCUT2D eigenvalue weighted by atomic mass is 10.0. The first kappa shape index (κ1) is 13.9. The molecule has 19 heavy (non-hydrogen) atoms. The lowest BCUT2D eigenvalue weighted by Crippen LogP contribution is -2.36. The van der Waals surface area contributed by atoms with Gasteiger partial charge in [-0.2, -0.15) is 0 Å². The zero-order valence-corrected chi connectivity index (χ0v) is 11.3. The third kappa shape index (κ3) is 2.59. The van der Waals surface area contributed by atoms with Gasteiger partial charge in [0.15, 0.2) is 0 Å². The van der Waals surface area contributed by atoms with Crippen molar-refractivity contribution in [2.75, 3.05) is 0 Å². The third-order valence-corrected chi connectivity index (χ3v) is 3.79. The summed E-state index contributed by atoms with van der Waals surface area (Å²) >= 11 is 5.76. The second-order valence-electron chi connectivity index (χ2n) is 4.82. The summed E-state index contributed by atoms with van der Waals surface area (Å²) in [6.45, 7) is 5.66. The first-order valence-electron chi connectivity index (χ1n) is 6.03. The van der Waals surface area contributed by atoms with Gasteiger partial charge in [-0.15, -0.1) is 0 Å². The number of rotatable bonds is 2. The second-order valence-corrected chi connectivity index (χ2v) is 5.23. The van der Waals surface area contributed by atoms with Crippen LogP contribution in [-0.2, 0) is 0 Å². The lowest BCUT2D eigenvalue weighted by Gasteiger charge is -2.28. The van der Waals surface area contributed by atoms with E-state index in [2.05, 4.69) is 6.58 Å². The van der Waals surface area contributed by atoms with Crippen molar-refractivity contribution < 1.29 is 14.3 Å². The molecule has 2 atom stereocenters. The quantitative estimate of drug-likeness (QED) is 0.825. The molecule has 1 amide bonds. The maximum atomic E-state index is 13.2. The zero-order chi connectivity index (χ0) is 14.2. The van der Waals surface area contributed by atoms with Gasteiger partial charge in [0.2, 0.25) is 0 Å². The largest absolute Gasteiger partial charge is 0.465 e. The Bertz CT molecular complexity index is 532. The highest BCUT2D eigenvalue weighted by atomic mass is 35.5. The molecule has 0 saturated carbocycles. The molecule has 0 radical (unpaired) electrons. The van der Waals surface area contributed by atoms with Crippen LogP contribution in [0, 0.1) is 5.82 Å². The van der Waals surface area contributed by atoms with Crippen molar-refractivity contribution in [1.82, 2.24) is 4.90 Å². The summed E-state index contributed by atoms with van der Waals surface area (Å²) in [7, 11) is 0. The van der Waals surface area contributed by atoms with Gasteiger partial charge in [-0.3, -0.25) is 4.90 Å². The number of amides is 1. The van der Waals surface area contributed by atoms with Gasteiger partial charge in [-0.1, -0.05) is 29.8 Å². The van der Waals surface area contributed by atoms with Crippen molar-refractivity contribution in [2.24, 2.45) is 0 Å². The molecule has 1 aromatic carbocycles. The molecule has 3 nitrogen and oxygen atoms in total. The van der Waals surface area contributed by atoms with Gasteiger partial charge in [-0.05, 0) is 37.5 Å². The fraction of sp³-hybridized carbons (Fsp3) is 0.357. The molecule has 1 N–H and O–H groups in total. The summed E-state index contributed by atoms with van der Waals surface area (Å²) in [4.78, 5) is 12.8. The average Bonchev–Trinajstić information content (AvgIpc) is 2.77. The second kappa shape index (κ2) is 5.21. The average molecular weight is 284 g/mol. The molecule has 0 unspecified atom stereocenters. The van der Waals surface area contributed by atoms with E-state index in [1.807, 2.05) is 6.92 Å². The van der Waals surface area contributed by atoms with E-state index in [9.17, 15) is 14.3 Å². The number of hydrogen-bond acceptors (Lipinski definition) is 1. The highest BCUT2D eigenvalue weighted by Crippen LogP contribution is 2.39. The molecule has 1 aliphatic rings. The standard InChI is InChI=1S/C14H15ClFNO2/c1-8(2)12-5-6-13(17(12)14(18)19)9-3-4-11(16)10(15)7-9/h3-4,7,12-13H,1,5-6H2,2H3,(H,18,19)/t12-,13+/m1/s1. The van der Waals surface area contributed by atoms with Crippen LogP contribution in [-0.4, -0.2) is 22.1 Å². The van der Waals surface area contributed by atoms with Crippen LogP contribution < -0.4 is 0 Å². The van der Waals surface area contributed by atoms with E-state index in [-0.39, 0.29) is 17.1 Å². The molecule has 0 spiro atoms. The fourth-order valence-electron chi connectivity index (χ4n) is 2.61. The van der Waals surface area contributed by atoms with Gasteiger partial charge in [-0.25, -0.2) is 9.18 Å². The predicted octanol–water partition coefficient (Wildman–Crippen LogP) is 4.24. The summed E-state index contributed by atoms with van der Waals surface area (Å²) in [6, 6.07) is 3.87. The molecule has 1 aliphatic heterocycles. The maximum Gasteiger partial charge on any atom is 0.408 e. The molecule has 1 fully saturated rings. The van der Waals surface area contributed by atoms with Crippen LogP contribution in [0.5, 0.6) is 0 Å². The number of hydrogen-bond donors (Lipinski definition) is 1. The number of carboxylic acid groups (broad SMARTS) is 1. The molecule has 0 bridgehead atoms. The van der Waals surface area contributed by atoms with Gasteiger partial charge < -0.3 is 5.11 Å². The van der Waals surface area contributed by atoms with E-state index in [1.54, 1.807) is 6.07 Å². The minimum atomic E-state index is -0.990. The van der Waals surface area contributed by atoms with E-state index in [0.29, 0.717) is 6.42 Å². The van der Waals surface area contributed by atoms with Gasteiger partial charge >= 0.3 is 6.09 Å². The lowest BCUT2D eigenvalue weighted by molar-refractivity contribution is 0.128. The molecule has 1 aromatic rings. The SMILES string of the molecule is C=C(C)[C@H]1CC[C@@H](c2ccc(F)c(Cl)c2)N1C(=O)O. The van der Waals surface area contributed by atoms with Crippen LogP contribution in [0.3, 0.4) is 0 Å². The number of halogens is 2. The molecule has 0 aliphatic carbocycles. The number of nitrogens with zero attached hydrogens (tertiary/aromatic N) is 1. The molecule has 1 saturated heterocycles. The van der Waals surface area contributed by atoms with Gasteiger partial charge in [0.1, 0.15) is 5.82 Å². The zero-order valence-electron chi connectivity index (χ0n) is 10.6. The minimum Gasteiger partial charge on any atom is -0.465 e. The van der Waals surface area contributed by atoms with Crippen molar-refractivity contribution in [1.29, 1.82) is 0 Å². The summed E-state index contributed by atoms with van der Waals surface area (Å²) in [6.07, 6.45) is 0.420. The third-order valence-electron chi connectivity index (χ3n) is 3.50. The van der Waals surface area contributed by atoms with Crippen LogP contribution >= 0.6 is 11.6 Å². The van der Waals surface area contributed by atoms with Crippen molar-refractivity contribution in [3.05, 3.63) is 46.8 Å². The van der Waals surface area contributed by atoms with Crippen LogP contribution in [0.4, 0.5) is 9.18 Å². The van der Waals surface area contributed by atoms with E-state index >= 15 is 0 Å². The summed E-state index contributed by atoms with van der Waals surface area (Å²) < 4.78 is 13.2. The van der Waals surface area contributed by atoms with Crippen molar-refractivity contribution >= 4 is 17.7 Å². The Hall–Kier alpha value is -1.55. The molecule has 0 aromatic heterocycles. The van der Waals surface area contributed by atoms with Crippen LogP contribution in [0.1, 0.15) is 31.4 Å². The first-order chi connectivity index (χ1) is 8.91. The molecular weight excluding hydrogens is 269 g/mol. The summed E-state index contributed by atoms with van der Waals surface area (Å²) in [5.74, 6) is -0.498. The van der Waals surface area contributed by atoms with Crippen molar-refractivity contribution in [2.45, 2.75) is 31.8 Å². The van der Waals surface area contributed by atoms with E-state index in [4.69, 9.17) is 11.6 Å². The Morgan fingerprint density at radius 3 is 2.74 bits per heavy atom. The van der Waals surface area contributed by atoms with E-state index in [1.165, 1.54) is 17.0 Å². The minimum absolute atomic E-state index is 0.0154. The molecule has 1 heterocycles. The smallest absolute Gasteiger partial charge is 0.408 e. The monoisotopic (exact) mass is 283 g/mol. The molecule has 5 heteroatoms. The Balaban J connectivity index is 2.35. The van der Waals surface area contributed by atoms with Gasteiger partial charge in [0.25, 0.3) is 0 Å². The molecule has 2 rings (SSSR count). The van der Waals surface area contributed by atoms with E-state index in [0.717, 1.165) is 17.6 Å². The molecule has 102 valence electrons. The van der Waals surface area contributed by atoms with Gasteiger partial charge in [0.05, 0.1) is 17.1 Å². The number of carbonyl (C=O) groups is 1. The summed E-state index contributed by atoms with van der Waals surface area (Å²) in [5, 5.41) is 9.38. The Kier molecular flexibility index (Phi) is 3.80. The summed E-state index contributed by atoms with van der Waals surface area (Å²) in [5.41, 5.74) is 1.54. The predicted molar refractivity (Wildman–Crippen MR) is 71.9 cm³/mol. The normalized spacial score (nSPS) is 22.6. The fourth-order valence-corrected chi connectivity index (χ4v) is 2.80. The Morgan fingerprint density at radius 1 is 1.53 bits per heavy atom. The topological polar surface area (TPSA) is 40.5 Å². The van der Waals surface area contributed by atoms with Crippen LogP contribution in [0.2, 0.25) is 5.02 Å². The number of likely N-dealkylation sites (tertiary alicyclic amines) is 1. The van der Waals surface area contributed by atoms with Crippen molar-refractivity contribution in [3.63, 3.8) is 0 Å². The highest BCUT2D eigenvalue weighted by molar-refractivity contribution is 6.30. The highest BCUT2D eigenvalue weighted by Gasteiger charge is 2.38. The van der Waals surface area contributed by atoms with Crippen LogP contribution in [0.15, 0.2) is 30.4 Å². The molecular formula is C14H15ClFNO2. The van der Waals surface area contributed by atoms with Crippen LogP contribution in [0.25, 0.3) is 0 Å². The first-order valence-corrected chi connectivity index (χ1v) is 6.41. The van der Waals surface area contributed by atoms with E-state index < -0.39 is 11.9 Å².